The molecule has 0 saturated carbocycles. The maximum atomic E-state index is 8.73. The van der Waals surface area contributed by atoms with Crippen molar-refractivity contribution in [3.05, 3.63) is 46.7 Å². The highest BCUT2D eigenvalue weighted by atomic mass is 35.5. The lowest BCUT2D eigenvalue weighted by Crippen LogP contribution is -2.05. The van der Waals surface area contributed by atoms with E-state index in [2.05, 4.69) is 10.4 Å². The van der Waals surface area contributed by atoms with Crippen molar-refractivity contribution < 1.29 is 0 Å². The molecule has 2 rings (SSSR count). The van der Waals surface area contributed by atoms with E-state index in [0.29, 0.717) is 17.1 Å². The Hall–Kier alpha value is -1.99. The van der Waals surface area contributed by atoms with E-state index in [4.69, 9.17) is 16.9 Å². The van der Waals surface area contributed by atoms with Crippen molar-refractivity contribution in [1.29, 1.82) is 5.26 Å². The minimum absolute atomic E-state index is 0.547. The van der Waals surface area contributed by atoms with Crippen LogP contribution in [0.2, 0.25) is 5.02 Å². The highest BCUT2D eigenvalue weighted by Crippen LogP contribution is 2.23. The molecule has 0 atom stereocenters. The molecule has 1 heterocycles. The zero-order valence-electron chi connectivity index (χ0n) is 9.31. The first-order chi connectivity index (χ1) is 8.20. The van der Waals surface area contributed by atoms with Gasteiger partial charge in [0.2, 0.25) is 0 Å². The van der Waals surface area contributed by atoms with Gasteiger partial charge < -0.3 is 5.32 Å². The maximum absolute atomic E-state index is 8.73. The van der Waals surface area contributed by atoms with Crippen LogP contribution in [0.1, 0.15) is 11.3 Å². The lowest BCUT2D eigenvalue weighted by Gasteiger charge is -2.08. The zero-order chi connectivity index (χ0) is 12.3. The van der Waals surface area contributed by atoms with Gasteiger partial charge in [-0.15, -0.1) is 0 Å². The smallest absolute Gasteiger partial charge is 0.0992 e. The van der Waals surface area contributed by atoms with Crippen molar-refractivity contribution in [1.82, 2.24) is 9.78 Å². The number of nitrogens with zero attached hydrogens (tertiary/aromatic N) is 3. The molecule has 0 aliphatic heterocycles. The van der Waals surface area contributed by atoms with Crippen LogP contribution in [-0.4, -0.2) is 9.78 Å². The lowest BCUT2D eigenvalue weighted by atomic mass is 10.2. The molecule has 0 spiro atoms. The Morgan fingerprint density at radius 1 is 1.47 bits per heavy atom. The van der Waals surface area contributed by atoms with E-state index < -0.39 is 0 Å². The van der Waals surface area contributed by atoms with Gasteiger partial charge in [-0.05, 0) is 24.3 Å². The Morgan fingerprint density at radius 3 is 2.88 bits per heavy atom. The lowest BCUT2D eigenvalue weighted by molar-refractivity contribution is 0.720. The highest BCUT2D eigenvalue weighted by molar-refractivity contribution is 6.33. The summed E-state index contributed by atoms with van der Waals surface area (Å²) in [4.78, 5) is 0. The van der Waals surface area contributed by atoms with Crippen LogP contribution in [-0.2, 0) is 13.6 Å². The van der Waals surface area contributed by atoms with Crippen LogP contribution in [0, 0.1) is 11.3 Å². The average molecular weight is 247 g/mol. The van der Waals surface area contributed by atoms with E-state index in [1.54, 1.807) is 29.1 Å². The van der Waals surface area contributed by atoms with E-state index in [-0.39, 0.29) is 0 Å². The van der Waals surface area contributed by atoms with Gasteiger partial charge in [0.05, 0.1) is 34.6 Å². The molecule has 0 saturated heterocycles. The number of aryl methyl sites for hydroxylation is 1. The summed E-state index contributed by atoms with van der Waals surface area (Å²) in [6.07, 6.45) is 1.75. The Labute approximate surface area is 104 Å². The van der Waals surface area contributed by atoms with Crippen molar-refractivity contribution >= 4 is 17.3 Å². The molecular weight excluding hydrogens is 236 g/mol. The minimum Gasteiger partial charge on any atom is -0.378 e. The first-order valence-corrected chi connectivity index (χ1v) is 5.49. The van der Waals surface area contributed by atoms with Crippen LogP contribution in [0.15, 0.2) is 30.5 Å². The van der Waals surface area contributed by atoms with Crippen molar-refractivity contribution in [2.24, 2.45) is 7.05 Å². The third-order valence-corrected chi connectivity index (χ3v) is 2.79. The number of benzene rings is 1. The molecule has 2 aromatic rings. The number of aromatic nitrogens is 2. The Balaban J connectivity index is 2.10. The van der Waals surface area contributed by atoms with Crippen LogP contribution in [0.3, 0.4) is 0 Å². The predicted octanol–water partition coefficient (Wildman–Crippen LogP) is 2.56. The first kappa shape index (κ1) is 11.5. The van der Waals surface area contributed by atoms with Crippen molar-refractivity contribution in [3.8, 4) is 6.07 Å². The molecular formula is C12H11ClN4. The van der Waals surface area contributed by atoms with Gasteiger partial charge in [-0.2, -0.15) is 10.4 Å². The molecule has 0 aliphatic rings. The number of hydrogen-bond donors (Lipinski definition) is 1. The van der Waals surface area contributed by atoms with Crippen molar-refractivity contribution in [3.63, 3.8) is 0 Å². The van der Waals surface area contributed by atoms with Gasteiger partial charge in [-0.3, -0.25) is 4.68 Å². The number of anilines is 1. The number of hydrogen-bond acceptors (Lipinski definition) is 3. The Kier molecular flexibility index (Phi) is 3.31. The monoisotopic (exact) mass is 246 g/mol. The van der Waals surface area contributed by atoms with Gasteiger partial charge in [-0.25, -0.2) is 0 Å². The standard InChI is InChI=1S/C12H11ClN4/c1-17-10(4-5-16-17)8-15-12-3-2-9(7-14)6-11(12)13/h2-6,15H,8H2,1H3. The normalized spacial score (nSPS) is 9.94. The second-order valence-corrected chi connectivity index (χ2v) is 4.01. The molecule has 0 unspecified atom stereocenters. The quantitative estimate of drug-likeness (QED) is 0.906. The van der Waals surface area contributed by atoms with Gasteiger partial charge in [0.15, 0.2) is 0 Å². The van der Waals surface area contributed by atoms with Gasteiger partial charge in [0.25, 0.3) is 0 Å². The van der Waals surface area contributed by atoms with Gasteiger partial charge in [-0.1, -0.05) is 11.6 Å². The van der Waals surface area contributed by atoms with E-state index in [0.717, 1.165) is 11.4 Å². The van der Waals surface area contributed by atoms with Crippen LogP contribution in [0.5, 0.6) is 0 Å². The summed E-state index contributed by atoms with van der Waals surface area (Å²) in [5, 5.41) is 16.6. The predicted molar refractivity (Wildman–Crippen MR) is 66.7 cm³/mol. The molecule has 0 fully saturated rings. The van der Waals surface area contributed by atoms with E-state index in [9.17, 15) is 0 Å². The largest absolute Gasteiger partial charge is 0.378 e. The fourth-order valence-corrected chi connectivity index (χ4v) is 1.74. The maximum Gasteiger partial charge on any atom is 0.0992 e. The molecule has 1 aromatic carbocycles. The Morgan fingerprint density at radius 2 is 2.29 bits per heavy atom. The summed E-state index contributed by atoms with van der Waals surface area (Å²) in [5.74, 6) is 0. The van der Waals surface area contributed by atoms with Gasteiger partial charge >= 0.3 is 0 Å². The number of rotatable bonds is 3. The summed E-state index contributed by atoms with van der Waals surface area (Å²) in [6, 6.07) is 9.16. The molecule has 1 N–H and O–H groups in total. The van der Waals surface area contributed by atoms with E-state index in [1.807, 2.05) is 19.2 Å². The number of nitrogens with one attached hydrogen (secondary N) is 1. The summed E-state index contributed by atoms with van der Waals surface area (Å²) >= 11 is 6.05. The second-order valence-electron chi connectivity index (χ2n) is 3.61. The second kappa shape index (κ2) is 4.89. The Bertz CT molecular complexity index is 568. The van der Waals surface area contributed by atoms with E-state index >= 15 is 0 Å². The summed E-state index contributed by atoms with van der Waals surface area (Å²) in [7, 11) is 1.89. The number of nitriles is 1. The highest BCUT2D eigenvalue weighted by Gasteiger charge is 2.03. The molecule has 5 heteroatoms. The first-order valence-electron chi connectivity index (χ1n) is 5.11. The molecule has 0 bridgehead atoms. The van der Waals surface area contributed by atoms with Crippen LogP contribution in [0.4, 0.5) is 5.69 Å². The summed E-state index contributed by atoms with van der Waals surface area (Å²) < 4.78 is 1.80. The molecule has 1 aromatic heterocycles. The van der Waals surface area contributed by atoms with Gasteiger partial charge in [0.1, 0.15) is 0 Å². The van der Waals surface area contributed by atoms with E-state index in [1.165, 1.54) is 0 Å². The van der Waals surface area contributed by atoms with Crippen molar-refractivity contribution in [2.75, 3.05) is 5.32 Å². The summed E-state index contributed by atoms with van der Waals surface area (Å²) in [5.41, 5.74) is 2.43. The third kappa shape index (κ3) is 2.58. The molecule has 86 valence electrons. The van der Waals surface area contributed by atoms with Gasteiger partial charge in [0, 0.05) is 13.2 Å². The average Bonchev–Trinajstić information content (AvgIpc) is 2.73. The van der Waals surface area contributed by atoms with Crippen LogP contribution >= 0.6 is 11.6 Å². The fraction of sp³-hybridized carbons (Fsp3) is 0.167. The summed E-state index contributed by atoms with van der Waals surface area (Å²) in [6.45, 7) is 0.641. The third-order valence-electron chi connectivity index (χ3n) is 2.48. The van der Waals surface area contributed by atoms with Crippen molar-refractivity contribution in [2.45, 2.75) is 6.54 Å². The molecule has 0 aliphatic carbocycles. The number of halogens is 1. The zero-order valence-corrected chi connectivity index (χ0v) is 10.1. The van der Waals surface area contributed by atoms with Crippen LogP contribution < -0.4 is 5.32 Å². The van der Waals surface area contributed by atoms with Crippen LogP contribution in [0.25, 0.3) is 0 Å². The fourth-order valence-electron chi connectivity index (χ4n) is 1.49. The molecule has 17 heavy (non-hydrogen) atoms. The SMILES string of the molecule is Cn1nccc1CNc1ccc(C#N)cc1Cl. The molecule has 4 nitrogen and oxygen atoms in total. The topological polar surface area (TPSA) is 53.6 Å². The molecule has 0 radical (unpaired) electrons. The minimum atomic E-state index is 0.547. The molecule has 0 amide bonds.